The van der Waals surface area contributed by atoms with E-state index < -0.39 is 0 Å². The Labute approximate surface area is 156 Å². The molecule has 3 rings (SSSR count). The molecule has 1 aromatic carbocycles. The van der Waals surface area contributed by atoms with Crippen molar-refractivity contribution < 1.29 is 9.32 Å². The third-order valence-corrected chi connectivity index (χ3v) is 4.81. The van der Waals surface area contributed by atoms with Crippen molar-refractivity contribution in [2.75, 3.05) is 19.6 Å². The van der Waals surface area contributed by atoms with Crippen molar-refractivity contribution in [3.05, 3.63) is 39.6 Å². The predicted octanol–water partition coefficient (Wildman–Crippen LogP) is 3.80. The number of nitrogens with zero attached hydrogens (tertiary/aromatic N) is 2. The lowest BCUT2D eigenvalue weighted by Crippen LogP contribution is -2.30. The third-order valence-electron chi connectivity index (χ3n) is 4.18. The molecule has 0 saturated carbocycles. The van der Waals surface area contributed by atoms with Gasteiger partial charge in [0.25, 0.3) is 5.91 Å². The monoisotopic (exact) mass is 389 g/mol. The summed E-state index contributed by atoms with van der Waals surface area (Å²) in [6.45, 7) is 3.62. The standard InChI is InChI=1S/C16H17Cl2N3O2.ClH/c1-9-13(16(22)21-6-5-10(7-19)8-21)15(20-23-9)14-11(17)3-2-4-12(14)18;/h2-4,10H,5-8,19H2,1H3;1H. The number of rotatable bonds is 3. The second kappa shape index (κ2) is 7.74. The first kappa shape index (κ1) is 19.1. The van der Waals surface area contributed by atoms with E-state index in [4.69, 9.17) is 33.5 Å². The van der Waals surface area contributed by atoms with E-state index in [1.807, 2.05) is 0 Å². The van der Waals surface area contributed by atoms with Crippen molar-refractivity contribution in [1.82, 2.24) is 10.1 Å². The summed E-state index contributed by atoms with van der Waals surface area (Å²) in [4.78, 5) is 14.7. The maximum Gasteiger partial charge on any atom is 0.259 e. The molecule has 8 heteroatoms. The zero-order chi connectivity index (χ0) is 16.6. The Balaban J connectivity index is 0.00000208. The average Bonchev–Trinajstić information content (AvgIpc) is 3.14. The number of nitrogens with two attached hydrogens (primary N) is 1. The fourth-order valence-electron chi connectivity index (χ4n) is 2.89. The largest absolute Gasteiger partial charge is 0.360 e. The first-order valence-electron chi connectivity index (χ1n) is 7.43. The molecule has 5 nitrogen and oxygen atoms in total. The Hall–Kier alpha value is -1.27. The maximum absolute atomic E-state index is 12.9. The van der Waals surface area contributed by atoms with Crippen LogP contribution in [0.3, 0.4) is 0 Å². The number of carbonyl (C=O) groups excluding carboxylic acids is 1. The molecule has 1 aliphatic rings. The van der Waals surface area contributed by atoms with Crippen molar-refractivity contribution in [3.63, 3.8) is 0 Å². The summed E-state index contributed by atoms with van der Waals surface area (Å²) in [5, 5.41) is 4.89. The number of likely N-dealkylation sites (tertiary alicyclic amines) is 1. The first-order valence-corrected chi connectivity index (χ1v) is 8.18. The maximum atomic E-state index is 12.9. The van der Waals surface area contributed by atoms with E-state index in [1.165, 1.54) is 0 Å². The molecule has 1 atom stereocenters. The van der Waals surface area contributed by atoms with Crippen molar-refractivity contribution >= 4 is 41.5 Å². The van der Waals surface area contributed by atoms with Gasteiger partial charge in [0.15, 0.2) is 0 Å². The Morgan fingerprint density at radius 2 is 2.08 bits per heavy atom. The first-order chi connectivity index (χ1) is 11.0. The van der Waals surface area contributed by atoms with Crippen LogP contribution in [0.4, 0.5) is 0 Å². The molecule has 0 radical (unpaired) electrons. The van der Waals surface area contributed by atoms with E-state index in [1.54, 1.807) is 30.0 Å². The molecule has 0 bridgehead atoms. The smallest absolute Gasteiger partial charge is 0.259 e. The molecule has 0 aliphatic carbocycles. The van der Waals surface area contributed by atoms with Crippen LogP contribution in [0.15, 0.2) is 22.7 Å². The second-order valence-corrected chi connectivity index (χ2v) is 6.51. The van der Waals surface area contributed by atoms with Gasteiger partial charge in [-0.25, -0.2) is 0 Å². The number of halogens is 3. The van der Waals surface area contributed by atoms with Crippen LogP contribution in [-0.2, 0) is 0 Å². The quantitative estimate of drug-likeness (QED) is 0.865. The van der Waals surface area contributed by atoms with E-state index in [0.29, 0.717) is 58.2 Å². The van der Waals surface area contributed by atoms with Gasteiger partial charge in [0.1, 0.15) is 17.0 Å². The molecule has 1 saturated heterocycles. The van der Waals surface area contributed by atoms with E-state index >= 15 is 0 Å². The Kier molecular flexibility index (Phi) is 6.15. The summed E-state index contributed by atoms with van der Waals surface area (Å²) in [6, 6.07) is 5.16. The van der Waals surface area contributed by atoms with Gasteiger partial charge in [0.05, 0.1) is 10.0 Å². The summed E-state index contributed by atoms with van der Waals surface area (Å²) in [5.74, 6) is 0.675. The van der Waals surface area contributed by atoms with E-state index in [9.17, 15) is 4.79 Å². The lowest BCUT2D eigenvalue weighted by molar-refractivity contribution is 0.0786. The van der Waals surface area contributed by atoms with Gasteiger partial charge in [-0.15, -0.1) is 12.4 Å². The fourth-order valence-corrected chi connectivity index (χ4v) is 3.46. The number of aromatic nitrogens is 1. The van der Waals surface area contributed by atoms with Crippen LogP contribution < -0.4 is 5.73 Å². The molecule has 2 N–H and O–H groups in total. The summed E-state index contributed by atoms with van der Waals surface area (Å²) >= 11 is 12.5. The number of aryl methyl sites for hydroxylation is 1. The van der Waals surface area contributed by atoms with E-state index in [0.717, 1.165) is 6.42 Å². The number of amides is 1. The summed E-state index contributed by atoms with van der Waals surface area (Å²) in [6.07, 6.45) is 0.911. The predicted molar refractivity (Wildman–Crippen MR) is 97.0 cm³/mol. The van der Waals surface area contributed by atoms with Crippen LogP contribution in [0.25, 0.3) is 11.3 Å². The minimum absolute atomic E-state index is 0. The Morgan fingerprint density at radius 1 is 1.42 bits per heavy atom. The summed E-state index contributed by atoms with van der Waals surface area (Å²) < 4.78 is 5.25. The molecule has 0 spiro atoms. The van der Waals surface area contributed by atoms with Crippen molar-refractivity contribution in [2.45, 2.75) is 13.3 Å². The van der Waals surface area contributed by atoms with Crippen molar-refractivity contribution in [3.8, 4) is 11.3 Å². The van der Waals surface area contributed by atoms with Gasteiger partial charge in [0.2, 0.25) is 0 Å². The van der Waals surface area contributed by atoms with Gasteiger partial charge in [0, 0.05) is 18.7 Å². The van der Waals surface area contributed by atoms with E-state index in [2.05, 4.69) is 5.16 Å². The molecule has 130 valence electrons. The molecule has 2 heterocycles. The molecule has 1 amide bonds. The topological polar surface area (TPSA) is 72.4 Å². The highest BCUT2D eigenvalue weighted by Gasteiger charge is 2.32. The number of carbonyl (C=O) groups is 1. The number of hydrogen-bond acceptors (Lipinski definition) is 4. The zero-order valence-corrected chi connectivity index (χ0v) is 15.4. The summed E-state index contributed by atoms with van der Waals surface area (Å²) in [7, 11) is 0. The van der Waals surface area contributed by atoms with Crippen molar-refractivity contribution in [2.24, 2.45) is 11.7 Å². The van der Waals surface area contributed by atoms with Crippen LogP contribution >= 0.6 is 35.6 Å². The highest BCUT2D eigenvalue weighted by molar-refractivity contribution is 6.39. The molecule has 1 aromatic heterocycles. The van der Waals surface area contributed by atoms with Gasteiger partial charge < -0.3 is 15.2 Å². The SMILES string of the molecule is Cc1onc(-c2c(Cl)cccc2Cl)c1C(=O)N1CCC(CN)C1.Cl. The van der Waals surface area contributed by atoms with Crippen LogP contribution in [0, 0.1) is 12.8 Å². The van der Waals surface area contributed by atoms with Crippen molar-refractivity contribution in [1.29, 1.82) is 0 Å². The van der Waals surface area contributed by atoms with E-state index in [-0.39, 0.29) is 18.3 Å². The lowest BCUT2D eigenvalue weighted by atomic mass is 10.0. The number of benzene rings is 1. The average molecular weight is 391 g/mol. The molecule has 1 fully saturated rings. The highest BCUT2D eigenvalue weighted by Crippen LogP contribution is 2.37. The Morgan fingerprint density at radius 3 is 2.67 bits per heavy atom. The number of hydrogen-bond donors (Lipinski definition) is 1. The molecule has 1 unspecified atom stereocenters. The minimum atomic E-state index is -0.120. The highest BCUT2D eigenvalue weighted by atomic mass is 35.5. The fraction of sp³-hybridized carbons (Fsp3) is 0.375. The van der Waals surface area contributed by atoms with Crippen LogP contribution in [-0.4, -0.2) is 35.6 Å². The van der Waals surface area contributed by atoms with Crippen LogP contribution in [0.2, 0.25) is 10.0 Å². The van der Waals surface area contributed by atoms with Gasteiger partial charge in [-0.1, -0.05) is 34.4 Å². The molecule has 1 aliphatic heterocycles. The lowest BCUT2D eigenvalue weighted by Gasteiger charge is -2.16. The third kappa shape index (κ3) is 3.40. The second-order valence-electron chi connectivity index (χ2n) is 5.70. The molecular formula is C16H18Cl3N3O2. The van der Waals surface area contributed by atoms with Crippen LogP contribution in [0.5, 0.6) is 0 Å². The van der Waals surface area contributed by atoms with Gasteiger partial charge in [-0.05, 0) is 37.9 Å². The molecule has 2 aromatic rings. The zero-order valence-electron chi connectivity index (χ0n) is 13.1. The minimum Gasteiger partial charge on any atom is -0.360 e. The van der Waals surface area contributed by atoms with Gasteiger partial charge >= 0.3 is 0 Å². The summed E-state index contributed by atoms with van der Waals surface area (Å²) in [5.41, 5.74) is 7.02. The van der Waals surface area contributed by atoms with Crippen LogP contribution in [0.1, 0.15) is 22.5 Å². The van der Waals surface area contributed by atoms with Gasteiger partial charge in [-0.3, -0.25) is 4.79 Å². The molecule has 24 heavy (non-hydrogen) atoms. The van der Waals surface area contributed by atoms with Gasteiger partial charge in [-0.2, -0.15) is 0 Å². The normalized spacial score (nSPS) is 17.0. The Bertz CT molecular complexity index is 728. The molecular weight excluding hydrogens is 373 g/mol.